The van der Waals surface area contributed by atoms with Gasteiger partial charge in [-0.3, -0.25) is 5.32 Å². The van der Waals surface area contributed by atoms with Crippen LogP contribution in [-0.2, 0) is 6.54 Å². The number of hydrogen-bond donors (Lipinski definition) is 1. The van der Waals surface area contributed by atoms with Crippen LogP contribution in [0.3, 0.4) is 0 Å². The Kier molecular flexibility index (Phi) is 2.66. The Morgan fingerprint density at radius 2 is 1.81 bits per heavy atom. The summed E-state index contributed by atoms with van der Waals surface area (Å²) in [5, 5.41) is 2.40. The summed E-state index contributed by atoms with van der Waals surface area (Å²) in [6.07, 6.45) is -4.10. The topological polar surface area (TPSA) is 12.0 Å². The molecule has 1 aromatic rings. The van der Waals surface area contributed by atoms with E-state index in [-0.39, 0.29) is 24.9 Å². The first-order valence-corrected chi connectivity index (χ1v) is 5.00. The maximum absolute atomic E-state index is 13.2. The van der Waals surface area contributed by atoms with Crippen molar-refractivity contribution in [2.24, 2.45) is 0 Å². The second-order valence-corrected chi connectivity index (χ2v) is 4.02. The molecule has 5 heteroatoms. The Labute approximate surface area is 90.5 Å². The van der Waals surface area contributed by atoms with Crippen LogP contribution in [0.4, 0.5) is 17.6 Å². The van der Waals surface area contributed by atoms with Gasteiger partial charge in [0.25, 0.3) is 0 Å². The number of hydrogen-bond acceptors (Lipinski definition) is 1. The van der Waals surface area contributed by atoms with Crippen LogP contribution < -0.4 is 5.32 Å². The number of nitrogens with one attached hydrogen (secondary N) is 1. The fourth-order valence-corrected chi connectivity index (χ4v) is 1.59. The largest absolute Gasteiger partial charge is 0.406 e. The molecule has 1 aliphatic rings. The van der Waals surface area contributed by atoms with Crippen molar-refractivity contribution in [2.75, 3.05) is 0 Å². The van der Waals surface area contributed by atoms with E-state index in [4.69, 9.17) is 0 Å². The fraction of sp³-hybridized carbons (Fsp3) is 0.455. The summed E-state index contributed by atoms with van der Waals surface area (Å²) in [6.45, 7) is -0.0911. The molecule has 0 saturated heterocycles. The van der Waals surface area contributed by atoms with Gasteiger partial charge in [0.1, 0.15) is 11.4 Å². The summed E-state index contributed by atoms with van der Waals surface area (Å²) in [4.78, 5) is 0. The maximum atomic E-state index is 13.2. The number of rotatable bonds is 3. The zero-order chi connectivity index (χ0) is 11.8. The van der Waals surface area contributed by atoms with Crippen molar-refractivity contribution in [2.45, 2.75) is 31.1 Å². The number of alkyl halides is 3. The molecule has 0 aliphatic heterocycles. The summed E-state index contributed by atoms with van der Waals surface area (Å²) < 4.78 is 50.8. The molecule has 1 nitrogen and oxygen atoms in total. The van der Waals surface area contributed by atoms with E-state index in [9.17, 15) is 17.6 Å². The van der Waals surface area contributed by atoms with Crippen LogP contribution in [0.2, 0.25) is 0 Å². The van der Waals surface area contributed by atoms with Gasteiger partial charge in [-0.2, -0.15) is 13.2 Å². The third kappa shape index (κ3) is 2.04. The van der Waals surface area contributed by atoms with Gasteiger partial charge in [0.05, 0.1) is 0 Å². The van der Waals surface area contributed by atoms with Crippen LogP contribution in [0.5, 0.6) is 0 Å². The van der Waals surface area contributed by atoms with Crippen LogP contribution in [0.15, 0.2) is 24.3 Å². The summed E-state index contributed by atoms with van der Waals surface area (Å²) in [7, 11) is 0. The zero-order valence-electron chi connectivity index (χ0n) is 8.44. The van der Waals surface area contributed by atoms with Gasteiger partial charge in [0.2, 0.25) is 0 Å². The summed E-state index contributed by atoms with van der Waals surface area (Å²) in [5.41, 5.74) is -1.52. The van der Waals surface area contributed by atoms with Crippen molar-refractivity contribution in [3.05, 3.63) is 35.6 Å². The van der Waals surface area contributed by atoms with Gasteiger partial charge in [-0.15, -0.1) is 0 Å². The Bertz CT molecular complexity index is 382. The van der Waals surface area contributed by atoms with Gasteiger partial charge in [-0.05, 0) is 18.9 Å². The molecule has 0 amide bonds. The van der Waals surface area contributed by atoms with Gasteiger partial charge >= 0.3 is 6.18 Å². The average molecular weight is 233 g/mol. The van der Waals surface area contributed by atoms with Crippen molar-refractivity contribution in [1.82, 2.24) is 5.32 Å². The predicted octanol–water partition coefficient (Wildman–Crippen LogP) is 3.01. The molecule has 1 fully saturated rings. The van der Waals surface area contributed by atoms with E-state index in [1.807, 2.05) is 0 Å². The van der Waals surface area contributed by atoms with E-state index in [0.717, 1.165) is 0 Å². The highest BCUT2D eigenvalue weighted by atomic mass is 19.4. The molecule has 0 radical (unpaired) electrons. The van der Waals surface area contributed by atoms with Crippen molar-refractivity contribution in [3.63, 3.8) is 0 Å². The van der Waals surface area contributed by atoms with Crippen LogP contribution in [0, 0.1) is 5.82 Å². The minimum Gasteiger partial charge on any atom is -0.299 e. The second-order valence-electron chi connectivity index (χ2n) is 4.02. The molecule has 1 saturated carbocycles. The first kappa shape index (κ1) is 11.4. The van der Waals surface area contributed by atoms with Gasteiger partial charge in [-0.25, -0.2) is 4.39 Å². The lowest BCUT2D eigenvalue weighted by atomic mass is 10.2. The standard InChI is InChI=1S/C11H11F4N/c12-9-4-2-1-3-8(9)7-16-10(5-6-10)11(13,14)15/h1-4,16H,5-7H2. The van der Waals surface area contributed by atoms with Crippen molar-refractivity contribution >= 4 is 0 Å². The third-order valence-corrected chi connectivity index (χ3v) is 2.87. The molecule has 0 bridgehead atoms. The van der Waals surface area contributed by atoms with Gasteiger partial charge in [-0.1, -0.05) is 18.2 Å². The Morgan fingerprint density at radius 1 is 1.19 bits per heavy atom. The van der Waals surface area contributed by atoms with E-state index >= 15 is 0 Å². The highest BCUT2D eigenvalue weighted by Crippen LogP contribution is 2.49. The molecule has 0 aromatic heterocycles. The molecule has 1 N–H and O–H groups in total. The first-order valence-electron chi connectivity index (χ1n) is 5.00. The molecule has 0 unspecified atom stereocenters. The van der Waals surface area contributed by atoms with Gasteiger partial charge in [0.15, 0.2) is 0 Å². The van der Waals surface area contributed by atoms with Crippen molar-refractivity contribution < 1.29 is 17.6 Å². The monoisotopic (exact) mass is 233 g/mol. The zero-order valence-corrected chi connectivity index (χ0v) is 8.44. The van der Waals surface area contributed by atoms with E-state index < -0.39 is 17.5 Å². The highest BCUT2D eigenvalue weighted by Gasteiger charge is 2.62. The molecular formula is C11H11F4N. The quantitative estimate of drug-likeness (QED) is 0.791. The molecule has 2 rings (SSSR count). The Morgan fingerprint density at radius 3 is 2.31 bits per heavy atom. The van der Waals surface area contributed by atoms with E-state index in [0.29, 0.717) is 0 Å². The number of benzene rings is 1. The SMILES string of the molecule is Fc1ccccc1CNC1(C(F)(F)F)CC1. The molecule has 0 spiro atoms. The lowest BCUT2D eigenvalue weighted by Gasteiger charge is -2.20. The molecule has 88 valence electrons. The van der Waals surface area contributed by atoms with Gasteiger partial charge in [0, 0.05) is 12.1 Å². The average Bonchev–Trinajstić information content (AvgIpc) is 2.96. The molecule has 0 heterocycles. The lowest BCUT2D eigenvalue weighted by molar-refractivity contribution is -0.166. The molecule has 16 heavy (non-hydrogen) atoms. The predicted molar refractivity (Wildman–Crippen MR) is 51.3 cm³/mol. The summed E-state index contributed by atoms with van der Waals surface area (Å²) in [5.74, 6) is -0.479. The third-order valence-electron chi connectivity index (χ3n) is 2.87. The second kappa shape index (κ2) is 3.73. The van der Waals surface area contributed by atoms with E-state index in [2.05, 4.69) is 5.32 Å². The van der Waals surface area contributed by atoms with Crippen molar-refractivity contribution in [3.8, 4) is 0 Å². The smallest absolute Gasteiger partial charge is 0.299 e. The fourth-order valence-electron chi connectivity index (χ4n) is 1.59. The summed E-state index contributed by atoms with van der Waals surface area (Å²) >= 11 is 0. The lowest BCUT2D eigenvalue weighted by Crippen LogP contribution is -2.44. The van der Waals surface area contributed by atoms with Crippen molar-refractivity contribution in [1.29, 1.82) is 0 Å². The molecule has 1 aromatic carbocycles. The molecule has 1 aliphatic carbocycles. The van der Waals surface area contributed by atoms with E-state index in [1.165, 1.54) is 18.2 Å². The van der Waals surface area contributed by atoms with Crippen LogP contribution in [0.1, 0.15) is 18.4 Å². The Balaban J connectivity index is 2.01. The minimum absolute atomic E-state index is 0.0744. The summed E-state index contributed by atoms with van der Waals surface area (Å²) in [6, 6.07) is 5.84. The molecular weight excluding hydrogens is 222 g/mol. The van der Waals surface area contributed by atoms with E-state index in [1.54, 1.807) is 6.07 Å². The first-order chi connectivity index (χ1) is 7.45. The highest BCUT2D eigenvalue weighted by molar-refractivity contribution is 5.18. The van der Waals surface area contributed by atoms with Crippen LogP contribution in [-0.4, -0.2) is 11.7 Å². The van der Waals surface area contributed by atoms with Crippen LogP contribution >= 0.6 is 0 Å². The maximum Gasteiger partial charge on any atom is 0.406 e. The molecule has 0 atom stereocenters. The number of halogens is 4. The minimum atomic E-state index is -4.25. The normalized spacial score (nSPS) is 18.5. The van der Waals surface area contributed by atoms with Gasteiger partial charge < -0.3 is 0 Å². The Hall–Kier alpha value is -1.10. The van der Waals surface area contributed by atoms with Crippen LogP contribution in [0.25, 0.3) is 0 Å².